The highest BCUT2D eigenvalue weighted by Crippen LogP contribution is 2.11. The summed E-state index contributed by atoms with van der Waals surface area (Å²) in [6, 6.07) is 1.69. The first kappa shape index (κ1) is 7.81. The summed E-state index contributed by atoms with van der Waals surface area (Å²) in [4.78, 5) is 0. The van der Waals surface area contributed by atoms with E-state index in [9.17, 15) is 0 Å². The van der Waals surface area contributed by atoms with Crippen LogP contribution >= 0.6 is 31.9 Å². The quantitative estimate of drug-likeness (QED) is 0.691. The van der Waals surface area contributed by atoms with Gasteiger partial charge in [0, 0.05) is 4.47 Å². The Labute approximate surface area is 74.0 Å². The number of nitrogens with one attached hydrogen (secondary N) is 1. The third kappa shape index (κ3) is 1.41. The molecule has 0 aliphatic heterocycles. The zero-order chi connectivity index (χ0) is 7.72. The molecule has 1 rings (SSSR count). The maximum absolute atomic E-state index is 8.95. The van der Waals surface area contributed by atoms with Crippen molar-refractivity contribution in [3.05, 3.63) is 26.7 Å². The molecule has 0 atom stereocenters. The van der Waals surface area contributed by atoms with Gasteiger partial charge in [-0.1, -0.05) is 0 Å². The predicted octanol–water partition coefficient (Wildman–Crippen LogP) is 1.73. The fourth-order valence-electron chi connectivity index (χ4n) is 0.517. The summed E-state index contributed by atoms with van der Waals surface area (Å²) in [5.41, 5.74) is 0.0307. The smallest absolute Gasteiger partial charge is 0.174 e. The molecule has 1 aromatic rings. The van der Waals surface area contributed by atoms with Gasteiger partial charge >= 0.3 is 0 Å². The highest BCUT2D eigenvalue weighted by molar-refractivity contribution is 9.11. The average Bonchev–Trinajstić information content (AvgIpc) is 1.82. The number of hydrogen-bond acceptors (Lipinski definition) is 2. The van der Waals surface area contributed by atoms with E-state index in [1.165, 1.54) is 6.20 Å². The van der Waals surface area contributed by atoms with Crippen LogP contribution in [0, 0.1) is 5.41 Å². The lowest BCUT2D eigenvalue weighted by Gasteiger charge is -1.98. The molecular formula is C5H4Br2N2O. The van der Waals surface area contributed by atoms with E-state index in [1.54, 1.807) is 6.07 Å². The number of hydrogen-bond donors (Lipinski definition) is 2. The van der Waals surface area contributed by atoms with Gasteiger partial charge in [-0.3, -0.25) is 5.41 Å². The zero-order valence-electron chi connectivity index (χ0n) is 4.81. The molecule has 0 saturated carbocycles. The van der Waals surface area contributed by atoms with Crippen LogP contribution in [-0.4, -0.2) is 9.94 Å². The standard InChI is InChI=1S/C5H4Br2N2O/c6-3-1-4(7)5(8)9(10)2-3/h1-2,8,10H. The Kier molecular flexibility index (Phi) is 2.15. The highest BCUT2D eigenvalue weighted by Gasteiger charge is 1.96. The molecule has 0 radical (unpaired) electrons. The van der Waals surface area contributed by atoms with Gasteiger partial charge in [-0.2, -0.15) is 4.73 Å². The topological polar surface area (TPSA) is 49.0 Å². The molecule has 0 spiro atoms. The van der Waals surface area contributed by atoms with E-state index in [0.717, 1.165) is 9.20 Å². The monoisotopic (exact) mass is 266 g/mol. The maximum atomic E-state index is 8.95. The van der Waals surface area contributed by atoms with Crippen LogP contribution in [0.1, 0.15) is 0 Å². The van der Waals surface area contributed by atoms with Crippen LogP contribution in [0.5, 0.6) is 0 Å². The van der Waals surface area contributed by atoms with Gasteiger partial charge in [-0.15, -0.1) is 0 Å². The molecule has 0 saturated heterocycles. The van der Waals surface area contributed by atoms with E-state index in [-0.39, 0.29) is 5.49 Å². The van der Waals surface area contributed by atoms with Gasteiger partial charge in [-0.25, -0.2) is 0 Å². The van der Waals surface area contributed by atoms with Crippen molar-refractivity contribution in [2.24, 2.45) is 0 Å². The fraction of sp³-hybridized carbons (Fsp3) is 0. The molecule has 0 bridgehead atoms. The normalized spacial score (nSPS) is 9.80. The largest absolute Gasteiger partial charge is 0.427 e. The van der Waals surface area contributed by atoms with Crippen LogP contribution in [0.15, 0.2) is 21.2 Å². The first-order chi connectivity index (χ1) is 4.61. The van der Waals surface area contributed by atoms with E-state index >= 15 is 0 Å². The Morgan fingerprint density at radius 2 is 2.10 bits per heavy atom. The molecule has 0 fully saturated rings. The molecule has 0 aliphatic rings. The van der Waals surface area contributed by atoms with Gasteiger partial charge in [0.05, 0.1) is 10.7 Å². The molecule has 1 heterocycles. The van der Waals surface area contributed by atoms with Gasteiger partial charge in [0.25, 0.3) is 0 Å². The third-order valence-electron chi connectivity index (χ3n) is 0.966. The lowest BCUT2D eigenvalue weighted by Crippen LogP contribution is -2.17. The number of aromatic nitrogens is 1. The summed E-state index contributed by atoms with van der Waals surface area (Å²) in [6.45, 7) is 0. The van der Waals surface area contributed by atoms with Gasteiger partial charge in [0.15, 0.2) is 5.49 Å². The van der Waals surface area contributed by atoms with Crippen molar-refractivity contribution in [2.75, 3.05) is 0 Å². The van der Waals surface area contributed by atoms with Crippen molar-refractivity contribution in [3.8, 4) is 0 Å². The SMILES string of the molecule is N=c1c(Br)cc(Br)cn1O. The second kappa shape index (κ2) is 2.75. The average molecular weight is 268 g/mol. The van der Waals surface area contributed by atoms with E-state index in [2.05, 4.69) is 31.9 Å². The zero-order valence-corrected chi connectivity index (χ0v) is 7.98. The molecule has 5 heteroatoms. The predicted molar refractivity (Wildman–Crippen MR) is 42.9 cm³/mol. The van der Waals surface area contributed by atoms with Gasteiger partial charge in [-0.05, 0) is 37.9 Å². The van der Waals surface area contributed by atoms with Crippen LogP contribution in [0.4, 0.5) is 0 Å². The summed E-state index contributed by atoms with van der Waals surface area (Å²) in [6.07, 6.45) is 1.40. The number of halogens is 2. The van der Waals surface area contributed by atoms with Crippen LogP contribution in [0.2, 0.25) is 0 Å². The molecular weight excluding hydrogens is 264 g/mol. The van der Waals surface area contributed by atoms with Crippen molar-refractivity contribution < 1.29 is 5.21 Å². The Morgan fingerprint density at radius 1 is 1.50 bits per heavy atom. The van der Waals surface area contributed by atoms with E-state index < -0.39 is 0 Å². The molecule has 0 amide bonds. The number of pyridine rings is 1. The molecule has 0 unspecified atom stereocenters. The van der Waals surface area contributed by atoms with Crippen LogP contribution in [0.3, 0.4) is 0 Å². The van der Waals surface area contributed by atoms with Gasteiger partial charge in [0.1, 0.15) is 0 Å². The summed E-state index contributed by atoms with van der Waals surface area (Å²) < 4.78 is 2.00. The highest BCUT2D eigenvalue weighted by atomic mass is 79.9. The minimum Gasteiger partial charge on any atom is -0.427 e. The summed E-state index contributed by atoms with van der Waals surface area (Å²) >= 11 is 6.25. The second-order valence-corrected chi connectivity index (χ2v) is 3.47. The molecule has 0 aliphatic carbocycles. The Morgan fingerprint density at radius 3 is 2.60 bits per heavy atom. The summed E-state index contributed by atoms with van der Waals surface area (Å²) in [5.74, 6) is 0. The summed E-state index contributed by atoms with van der Waals surface area (Å²) in [7, 11) is 0. The molecule has 54 valence electrons. The van der Waals surface area contributed by atoms with E-state index in [1.807, 2.05) is 0 Å². The lowest BCUT2D eigenvalue weighted by atomic mass is 10.5. The molecule has 10 heavy (non-hydrogen) atoms. The van der Waals surface area contributed by atoms with Crippen molar-refractivity contribution in [2.45, 2.75) is 0 Å². The van der Waals surface area contributed by atoms with Crippen molar-refractivity contribution in [3.63, 3.8) is 0 Å². The third-order valence-corrected chi connectivity index (χ3v) is 2.00. The molecule has 0 aromatic carbocycles. The number of rotatable bonds is 0. The molecule has 2 N–H and O–H groups in total. The van der Waals surface area contributed by atoms with Crippen molar-refractivity contribution in [1.82, 2.24) is 4.73 Å². The Balaban J connectivity index is 3.46. The van der Waals surface area contributed by atoms with Gasteiger partial charge in [0.2, 0.25) is 0 Å². The van der Waals surface area contributed by atoms with E-state index in [0.29, 0.717) is 4.47 Å². The van der Waals surface area contributed by atoms with Crippen molar-refractivity contribution in [1.29, 1.82) is 5.41 Å². The fourth-order valence-corrected chi connectivity index (χ4v) is 1.68. The molecule has 3 nitrogen and oxygen atoms in total. The first-order valence-electron chi connectivity index (χ1n) is 2.43. The first-order valence-corrected chi connectivity index (χ1v) is 4.01. The second-order valence-electron chi connectivity index (χ2n) is 1.70. The summed E-state index contributed by atoms with van der Waals surface area (Å²) in [5, 5.41) is 16.1. The van der Waals surface area contributed by atoms with Crippen LogP contribution < -0.4 is 5.49 Å². The van der Waals surface area contributed by atoms with Crippen LogP contribution in [-0.2, 0) is 0 Å². The minimum absolute atomic E-state index is 0.0307. The molecule has 1 aromatic heterocycles. The lowest BCUT2D eigenvalue weighted by molar-refractivity contribution is 0.169. The van der Waals surface area contributed by atoms with Gasteiger partial charge < -0.3 is 5.21 Å². The number of nitrogens with zero attached hydrogens (tertiary/aromatic N) is 1. The Hall–Kier alpha value is -0.290. The van der Waals surface area contributed by atoms with E-state index in [4.69, 9.17) is 10.6 Å². The minimum atomic E-state index is 0.0307. The Bertz CT molecular complexity index is 281. The van der Waals surface area contributed by atoms with Crippen molar-refractivity contribution >= 4 is 31.9 Å². The maximum Gasteiger partial charge on any atom is 0.174 e. The van der Waals surface area contributed by atoms with Crippen LogP contribution in [0.25, 0.3) is 0 Å².